The first kappa shape index (κ1) is 20.6. The summed E-state index contributed by atoms with van der Waals surface area (Å²) >= 11 is 0. The molecule has 1 aliphatic heterocycles. The molecule has 2 aromatic rings. The minimum absolute atomic E-state index is 0.365. The fourth-order valence-corrected chi connectivity index (χ4v) is 4.57. The van der Waals surface area contributed by atoms with Crippen molar-refractivity contribution in [3.63, 3.8) is 0 Å². The van der Waals surface area contributed by atoms with Crippen LogP contribution in [0.3, 0.4) is 0 Å². The van der Waals surface area contributed by atoms with Crippen molar-refractivity contribution in [3.05, 3.63) is 66.2 Å². The quantitative estimate of drug-likeness (QED) is 0.556. The zero-order valence-corrected chi connectivity index (χ0v) is 17.5. The van der Waals surface area contributed by atoms with Gasteiger partial charge in [0, 0.05) is 49.4 Å². The van der Waals surface area contributed by atoms with E-state index in [2.05, 4.69) is 57.8 Å². The van der Waals surface area contributed by atoms with E-state index < -0.39 is 10.8 Å². The van der Waals surface area contributed by atoms with Crippen molar-refractivity contribution in [2.45, 2.75) is 36.9 Å². The van der Waals surface area contributed by atoms with Crippen LogP contribution in [-0.2, 0) is 17.3 Å². The Labute approximate surface area is 170 Å². The fraction of sp³-hybridized carbons (Fsp3) is 0.409. The Morgan fingerprint density at radius 1 is 1.14 bits per heavy atom. The van der Waals surface area contributed by atoms with Gasteiger partial charge in [-0.2, -0.15) is 0 Å². The molecule has 0 aromatic heterocycles. The summed E-state index contributed by atoms with van der Waals surface area (Å²) < 4.78 is 12.3. The Kier molecular flexibility index (Phi) is 7.62. The lowest BCUT2D eigenvalue weighted by Gasteiger charge is -2.21. The lowest BCUT2D eigenvalue weighted by molar-refractivity contribution is 0.258. The molecule has 28 heavy (non-hydrogen) atoms. The van der Waals surface area contributed by atoms with Gasteiger partial charge in [0.1, 0.15) is 0 Å². The number of likely N-dealkylation sites (tertiary alicyclic amines) is 1. The molecule has 1 fully saturated rings. The van der Waals surface area contributed by atoms with Crippen LogP contribution < -0.4 is 10.6 Å². The van der Waals surface area contributed by atoms with Gasteiger partial charge in [0.25, 0.3) is 0 Å². The molecular weight excluding hydrogens is 368 g/mol. The second-order valence-electron chi connectivity index (χ2n) is 7.20. The number of nitrogens with zero attached hydrogens (tertiary/aromatic N) is 2. The van der Waals surface area contributed by atoms with E-state index in [1.807, 2.05) is 30.3 Å². The first-order valence-electron chi connectivity index (χ1n) is 9.84. The number of guanidine groups is 1. The van der Waals surface area contributed by atoms with Gasteiger partial charge < -0.3 is 10.6 Å². The van der Waals surface area contributed by atoms with E-state index in [0.29, 0.717) is 24.4 Å². The molecule has 0 amide bonds. The van der Waals surface area contributed by atoms with E-state index in [1.165, 1.54) is 5.56 Å². The lowest BCUT2D eigenvalue weighted by Crippen LogP contribution is -2.45. The van der Waals surface area contributed by atoms with Crippen LogP contribution in [-0.4, -0.2) is 53.0 Å². The van der Waals surface area contributed by atoms with Crippen LogP contribution in [0.4, 0.5) is 0 Å². The topological polar surface area (TPSA) is 56.7 Å². The van der Waals surface area contributed by atoms with Crippen molar-refractivity contribution in [2.24, 2.45) is 4.99 Å². The highest BCUT2D eigenvalue weighted by atomic mass is 32.2. The molecular formula is C22H30N4OS. The van der Waals surface area contributed by atoms with E-state index in [-0.39, 0.29) is 0 Å². The number of nitrogens with one attached hydrogen (secondary N) is 2. The smallest absolute Gasteiger partial charge is 0.191 e. The number of benzene rings is 2. The molecule has 3 atom stereocenters. The average Bonchev–Trinajstić information content (AvgIpc) is 3.07. The van der Waals surface area contributed by atoms with E-state index in [1.54, 1.807) is 7.05 Å². The predicted molar refractivity (Wildman–Crippen MR) is 117 cm³/mol. The van der Waals surface area contributed by atoms with E-state index in [4.69, 9.17) is 0 Å². The molecule has 150 valence electrons. The Bertz CT molecular complexity index is 782. The van der Waals surface area contributed by atoms with Crippen LogP contribution >= 0.6 is 0 Å². The van der Waals surface area contributed by atoms with Crippen molar-refractivity contribution < 1.29 is 4.21 Å². The van der Waals surface area contributed by atoms with Gasteiger partial charge in [-0.1, -0.05) is 48.5 Å². The molecule has 0 aliphatic carbocycles. The third kappa shape index (κ3) is 5.91. The summed E-state index contributed by atoms with van der Waals surface area (Å²) in [7, 11) is 0.788. The van der Waals surface area contributed by atoms with Crippen molar-refractivity contribution in [1.29, 1.82) is 0 Å². The number of hydrogen-bond acceptors (Lipinski definition) is 3. The molecule has 0 spiro atoms. The Balaban J connectivity index is 1.44. The van der Waals surface area contributed by atoms with E-state index >= 15 is 0 Å². The Morgan fingerprint density at radius 2 is 1.82 bits per heavy atom. The molecule has 2 N–H and O–H groups in total. The highest BCUT2D eigenvalue weighted by Gasteiger charge is 2.29. The standard InChI is InChI=1S/C22H30N4OS/c1-18-15-20(17-26(18)16-19-9-5-3-6-10-19)25-22(23-2)24-13-14-28(27)21-11-7-4-8-12-21/h3-12,18,20H,13-17H2,1-2H3,(H2,23,24,25). The van der Waals surface area contributed by atoms with Gasteiger partial charge in [0.05, 0.1) is 10.8 Å². The van der Waals surface area contributed by atoms with Crippen molar-refractivity contribution >= 4 is 16.8 Å². The molecule has 3 unspecified atom stereocenters. The Morgan fingerprint density at radius 3 is 2.50 bits per heavy atom. The summed E-state index contributed by atoms with van der Waals surface area (Å²) in [4.78, 5) is 7.71. The van der Waals surface area contributed by atoms with Gasteiger partial charge in [-0.3, -0.25) is 14.1 Å². The SMILES string of the molecule is CN=C(NCCS(=O)c1ccccc1)NC1CC(C)N(Cc2ccccc2)C1. The summed E-state index contributed by atoms with van der Waals surface area (Å²) in [5, 5.41) is 6.83. The minimum Gasteiger partial charge on any atom is -0.355 e. The van der Waals surface area contributed by atoms with Crippen molar-refractivity contribution in [2.75, 3.05) is 25.9 Å². The third-order valence-corrected chi connectivity index (χ3v) is 6.46. The molecule has 0 radical (unpaired) electrons. The van der Waals surface area contributed by atoms with Gasteiger partial charge in [0.15, 0.2) is 5.96 Å². The minimum atomic E-state index is -0.993. The highest BCUT2D eigenvalue weighted by molar-refractivity contribution is 7.85. The number of hydrogen-bond donors (Lipinski definition) is 2. The first-order valence-corrected chi connectivity index (χ1v) is 11.2. The molecule has 1 saturated heterocycles. The van der Waals surface area contributed by atoms with E-state index in [0.717, 1.165) is 30.4 Å². The fourth-order valence-electron chi connectivity index (χ4n) is 3.58. The second kappa shape index (κ2) is 10.4. The molecule has 1 heterocycles. The zero-order chi connectivity index (χ0) is 19.8. The summed E-state index contributed by atoms with van der Waals surface area (Å²) in [6.07, 6.45) is 1.09. The summed E-state index contributed by atoms with van der Waals surface area (Å²) in [5.41, 5.74) is 1.35. The normalized spacial score (nSPS) is 21.4. The maximum Gasteiger partial charge on any atom is 0.191 e. The lowest BCUT2D eigenvalue weighted by atomic mass is 10.2. The van der Waals surface area contributed by atoms with Crippen LogP contribution in [0.5, 0.6) is 0 Å². The van der Waals surface area contributed by atoms with Crippen LogP contribution in [0.25, 0.3) is 0 Å². The summed E-state index contributed by atoms with van der Waals surface area (Å²) in [6, 6.07) is 21.1. The van der Waals surface area contributed by atoms with Crippen LogP contribution in [0, 0.1) is 0 Å². The van der Waals surface area contributed by atoms with Crippen LogP contribution in [0.15, 0.2) is 70.6 Å². The molecule has 1 aliphatic rings. The van der Waals surface area contributed by atoms with Crippen LogP contribution in [0.1, 0.15) is 18.9 Å². The summed E-state index contributed by atoms with van der Waals surface area (Å²) in [5.74, 6) is 1.34. The average molecular weight is 399 g/mol. The van der Waals surface area contributed by atoms with Crippen molar-refractivity contribution in [3.8, 4) is 0 Å². The maximum atomic E-state index is 12.3. The van der Waals surface area contributed by atoms with Gasteiger partial charge in [-0.05, 0) is 31.0 Å². The van der Waals surface area contributed by atoms with Crippen molar-refractivity contribution in [1.82, 2.24) is 15.5 Å². The van der Waals surface area contributed by atoms with Gasteiger partial charge in [-0.15, -0.1) is 0 Å². The Hall–Kier alpha value is -2.18. The zero-order valence-electron chi connectivity index (χ0n) is 16.7. The van der Waals surface area contributed by atoms with Gasteiger partial charge in [0.2, 0.25) is 0 Å². The molecule has 0 saturated carbocycles. The second-order valence-corrected chi connectivity index (χ2v) is 8.77. The predicted octanol–water partition coefficient (Wildman–Crippen LogP) is 2.62. The van der Waals surface area contributed by atoms with Gasteiger partial charge in [-0.25, -0.2) is 0 Å². The molecule has 2 aromatic carbocycles. The first-order chi connectivity index (χ1) is 13.7. The molecule has 3 rings (SSSR count). The van der Waals surface area contributed by atoms with Gasteiger partial charge >= 0.3 is 0 Å². The third-order valence-electron chi connectivity index (χ3n) is 5.08. The monoisotopic (exact) mass is 398 g/mol. The largest absolute Gasteiger partial charge is 0.355 e. The van der Waals surface area contributed by atoms with E-state index in [9.17, 15) is 4.21 Å². The molecule has 6 heteroatoms. The molecule has 5 nitrogen and oxygen atoms in total. The maximum absolute atomic E-state index is 12.3. The number of rotatable bonds is 7. The van der Waals surface area contributed by atoms with Crippen LogP contribution in [0.2, 0.25) is 0 Å². The highest BCUT2D eigenvalue weighted by Crippen LogP contribution is 2.20. The number of aliphatic imine (C=N–C) groups is 1. The summed E-state index contributed by atoms with van der Waals surface area (Å²) in [6.45, 7) is 4.87. The molecule has 0 bridgehead atoms.